The van der Waals surface area contributed by atoms with E-state index in [0.29, 0.717) is 0 Å². The molecule has 0 aliphatic carbocycles. The van der Waals surface area contributed by atoms with Crippen LogP contribution in [0.3, 0.4) is 0 Å². The number of para-hydroxylation sites is 1. The summed E-state index contributed by atoms with van der Waals surface area (Å²) in [6.07, 6.45) is 0. The number of carbonyl (C=O) groups excluding carboxylic acids is 2. The lowest BCUT2D eigenvalue weighted by atomic mass is 10.2. The number of hydrogen-bond acceptors (Lipinski definition) is 4. The van der Waals surface area contributed by atoms with E-state index in [1.807, 2.05) is 0 Å². The number of rotatable bonds is 2. The largest absolute Gasteiger partial charge is 0.423 e. The molecule has 0 spiro atoms. The highest BCUT2D eigenvalue weighted by molar-refractivity contribution is 6.31. The molecule has 0 aliphatic rings. The summed E-state index contributed by atoms with van der Waals surface area (Å²) >= 11 is 0. The van der Waals surface area contributed by atoms with Crippen LogP contribution in [-0.4, -0.2) is 11.9 Å². The fraction of sp³-hybridized carbons (Fsp3) is 0. The molecule has 2 aromatic carbocycles. The second kappa shape index (κ2) is 6.42. The topological polar surface area (TPSA) is 52.6 Å². The number of carbonyl (C=O) groups is 2. The summed E-state index contributed by atoms with van der Waals surface area (Å²) in [4.78, 5) is 22.7. The molecule has 0 atom stereocenters. The summed E-state index contributed by atoms with van der Waals surface area (Å²) in [5.74, 6) is -17.5. The van der Waals surface area contributed by atoms with Crippen LogP contribution in [0.5, 0.6) is 11.5 Å². The molecule has 0 radical (unpaired) electrons. The van der Waals surface area contributed by atoms with Gasteiger partial charge in [-0.1, -0.05) is 18.2 Å². The van der Waals surface area contributed by atoms with E-state index in [1.54, 1.807) is 6.07 Å². The molecule has 23 heavy (non-hydrogen) atoms. The van der Waals surface area contributed by atoms with Crippen molar-refractivity contribution in [1.29, 1.82) is 0 Å². The molecule has 0 aliphatic heterocycles. The Hall–Kier alpha value is -2.97. The molecule has 0 saturated heterocycles. The molecule has 9 heteroatoms. The van der Waals surface area contributed by atoms with Gasteiger partial charge in [-0.05, 0) is 12.1 Å². The minimum atomic E-state index is -2.42. The van der Waals surface area contributed by atoms with Crippen LogP contribution in [0.4, 0.5) is 22.0 Å². The molecule has 0 amide bonds. The summed E-state index contributed by atoms with van der Waals surface area (Å²) in [7, 11) is 0. The predicted molar refractivity (Wildman–Crippen MR) is 63.9 cm³/mol. The number of benzene rings is 2. The third-order valence-corrected chi connectivity index (χ3v) is 2.48. The van der Waals surface area contributed by atoms with E-state index in [0.717, 1.165) is 0 Å². The van der Waals surface area contributed by atoms with Crippen LogP contribution in [0.2, 0.25) is 0 Å². The van der Waals surface area contributed by atoms with Crippen molar-refractivity contribution < 1.29 is 41.0 Å². The zero-order valence-electron chi connectivity index (χ0n) is 10.9. The minimum Gasteiger partial charge on any atom is -0.418 e. The zero-order chi connectivity index (χ0) is 17.1. The van der Waals surface area contributed by atoms with E-state index < -0.39 is 46.8 Å². The van der Waals surface area contributed by atoms with Crippen molar-refractivity contribution in [2.75, 3.05) is 0 Å². The van der Waals surface area contributed by atoms with Crippen molar-refractivity contribution in [2.24, 2.45) is 0 Å². The minimum absolute atomic E-state index is 0.0909. The predicted octanol–water partition coefficient (Wildman–Crippen LogP) is 2.89. The molecule has 0 saturated carbocycles. The first-order valence-corrected chi connectivity index (χ1v) is 5.83. The fourth-order valence-electron chi connectivity index (χ4n) is 1.45. The maximum absolute atomic E-state index is 13.3. The van der Waals surface area contributed by atoms with E-state index in [2.05, 4.69) is 9.47 Å². The van der Waals surface area contributed by atoms with E-state index in [1.165, 1.54) is 24.3 Å². The Labute approximate surface area is 125 Å². The van der Waals surface area contributed by atoms with Crippen molar-refractivity contribution in [3.63, 3.8) is 0 Å². The molecule has 0 bridgehead atoms. The molecule has 0 aromatic heterocycles. The van der Waals surface area contributed by atoms with Crippen molar-refractivity contribution in [3.8, 4) is 11.5 Å². The highest BCUT2D eigenvalue weighted by atomic mass is 19.2. The van der Waals surface area contributed by atoms with Gasteiger partial charge in [-0.15, -0.1) is 0 Å². The van der Waals surface area contributed by atoms with Crippen molar-refractivity contribution in [1.82, 2.24) is 0 Å². The van der Waals surface area contributed by atoms with Gasteiger partial charge >= 0.3 is 11.9 Å². The second-order valence-electron chi connectivity index (χ2n) is 3.99. The molecule has 0 fully saturated rings. The molecule has 0 unspecified atom stereocenters. The molecule has 2 rings (SSSR count). The van der Waals surface area contributed by atoms with Gasteiger partial charge in [-0.25, -0.2) is 22.8 Å². The Balaban J connectivity index is 2.22. The Bertz CT molecular complexity index is 747. The summed E-state index contributed by atoms with van der Waals surface area (Å²) in [5.41, 5.74) is 0. The fourth-order valence-corrected chi connectivity index (χ4v) is 1.45. The lowest BCUT2D eigenvalue weighted by Crippen LogP contribution is -2.26. The maximum atomic E-state index is 13.3. The van der Waals surface area contributed by atoms with Gasteiger partial charge in [-0.3, -0.25) is 0 Å². The summed E-state index contributed by atoms with van der Waals surface area (Å²) in [5, 5.41) is 0. The molecule has 0 N–H and O–H groups in total. The Kier molecular flexibility index (Phi) is 4.58. The molecule has 4 nitrogen and oxygen atoms in total. The number of esters is 2. The second-order valence-corrected chi connectivity index (χ2v) is 3.99. The molecule has 0 heterocycles. The molecular formula is C14H5F5O4. The Morgan fingerprint density at radius 2 is 1.09 bits per heavy atom. The van der Waals surface area contributed by atoms with E-state index in [-0.39, 0.29) is 5.75 Å². The van der Waals surface area contributed by atoms with Crippen molar-refractivity contribution >= 4 is 11.9 Å². The SMILES string of the molecule is O=C(Oc1ccccc1)C(=O)Oc1c(F)c(F)c(F)c(F)c1F. The molecule has 2 aromatic rings. The highest BCUT2D eigenvalue weighted by Gasteiger charge is 2.30. The van der Waals surface area contributed by atoms with Crippen LogP contribution >= 0.6 is 0 Å². The van der Waals surface area contributed by atoms with Crippen molar-refractivity contribution in [2.45, 2.75) is 0 Å². The van der Waals surface area contributed by atoms with Crippen LogP contribution in [0.15, 0.2) is 30.3 Å². The number of hydrogen-bond donors (Lipinski definition) is 0. The van der Waals surface area contributed by atoms with Gasteiger partial charge in [0.25, 0.3) is 0 Å². The van der Waals surface area contributed by atoms with Crippen LogP contribution in [0, 0.1) is 29.1 Å². The Morgan fingerprint density at radius 3 is 1.61 bits per heavy atom. The normalized spacial score (nSPS) is 10.3. The number of ether oxygens (including phenoxy) is 2. The zero-order valence-corrected chi connectivity index (χ0v) is 10.9. The van der Waals surface area contributed by atoms with Gasteiger partial charge < -0.3 is 9.47 Å². The van der Waals surface area contributed by atoms with E-state index in [9.17, 15) is 31.5 Å². The van der Waals surface area contributed by atoms with E-state index in [4.69, 9.17) is 0 Å². The first-order chi connectivity index (χ1) is 10.8. The summed E-state index contributed by atoms with van der Waals surface area (Å²) in [6, 6.07) is 7.05. The smallest absolute Gasteiger partial charge is 0.418 e. The Morgan fingerprint density at radius 1 is 0.652 bits per heavy atom. The first-order valence-electron chi connectivity index (χ1n) is 5.83. The summed E-state index contributed by atoms with van der Waals surface area (Å²) in [6.45, 7) is 0. The average Bonchev–Trinajstić information content (AvgIpc) is 2.55. The van der Waals surface area contributed by atoms with Gasteiger partial charge in [0, 0.05) is 0 Å². The monoisotopic (exact) mass is 332 g/mol. The lowest BCUT2D eigenvalue weighted by Gasteiger charge is -2.08. The first kappa shape index (κ1) is 16.4. The standard InChI is InChI=1S/C14H5F5O4/c15-7-8(16)10(18)12(11(19)9(7)17)23-14(21)13(20)22-6-4-2-1-3-5-6/h1-5H. The van der Waals surface area contributed by atoms with Crippen LogP contribution in [0.1, 0.15) is 0 Å². The van der Waals surface area contributed by atoms with Crippen LogP contribution < -0.4 is 9.47 Å². The third-order valence-electron chi connectivity index (χ3n) is 2.48. The lowest BCUT2D eigenvalue weighted by molar-refractivity contribution is -0.156. The third kappa shape index (κ3) is 3.28. The molecule has 120 valence electrons. The quantitative estimate of drug-likeness (QED) is 0.212. The average molecular weight is 332 g/mol. The highest BCUT2D eigenvalue weighted by Crippen LogP contribution is 2.29. The van der Waals surface area contributed by atoms with Gasteiger partial charge in [-0.2, -0.15) is 8.78 Å². The summed E-state index contributed by atoms with van der Waals surface area (Å²) < 4.78 is 73.7. The maximum Gasteiger partial charge on any atom is 0.423 e. The van der Waals surface area contributed by atoms with Gasteiger partial charge in [0.05, 0.1) is 0 Å². The van der Waals surface area contributed by atoms with Crippen molar-refractivity contribution in [3.05, 3.63) is 59.4 Å². The van der Waals surface area contributed by atoms with Gasteiger partial charge in [0.15, 0.2) is 0 Å². The number of halogens is 5. The van der Waals surface area contributed by atoms with Gasteiger partial charge in [0.2, 0.25) is 34.8 Å². The molecular weight excluding hydrogens is 327 g/mol. The van der Waals surface area contributed by atoms with E-state index >= 15 is 0 Å². The van der Waals surface area contributed by atoms with Crippen LogP contribution in [-0.2, 0) is 9.59 Å². The van der Waals surface area contributed by atoms with Gasteiger partial charge in [0.1, 0.15) is 5.75 Å². The van der Waals surface area contributed by atoms with Crippen LogP contribution in [0.25, 0.3) is 0 Å².